The van der Waals surface area contributed by atoms with Gasteiger partial charge in [-0.25, -0.2) is 0 Å². The Kier molecular flexibility index (Phi) is 4.44. The van der Waals surface area contributed by atoms with E-state index in [0.717, 1.165) is 10.9 Å². The Morgan fingerprint density at radius 1 is 1.44 bits per heavy atom. The summed E-state index contributed by atoms with van der Waals surface area (Å²) >= 11 is 12.8. The molecule has 0 saturated carbocycles. The fourth-order valence-electron chi connectivity index (χ4n) is 1.36. The molecular weight excluding hydrogens is 326 g/mol. The van der Waals surface area contributed by atoms with Gasteiger partial charge in [-0.1, -0.05) is 11.6 Å². The second kappa shape index (κ2) is 5.65. The van der Waals surface area contributed by atoms with Crippen molar-refractivity contribution < 1.29 is 0 Å². The summed E-state index contributed by atoms with van der Waals surface area (Å²) in [6.45, 7) is 3.04. The van der Waals surface area contributed by atoms with Gasteiger partial charge in [0, 0.05) is 26.8 Å². The highest BCUT2D eigenvalue weighted by atomic mass is 79.9. The van der Waals surface area contributed by atoms with Crippen LogP contribution in [0.4, 0.5) is 0 Å². The third kappa shape index (κ3) is 3.08. The van der Waals surface area contributed by atoms with E-state index in [2.05, 4.69) is 45.7 Å². The number of hydrogen-bond donors (Lipinski definition) is 1. The van der Waals surface area contributed by atoms with E-state index in [4.69, 9.17) is 11.6 Å². The minimum Gasteiger partial charge on any atom is -0.305 e. The molecule has 1 atom stereocenters. The fraction of sp³-hybridized carbons (Fsp3) is 0.273. The fourth-order valence-corrected chi connectivity index (χ4v) is 3.89. The molecule has 2 heterocycles. The van der Waals surface area contributed by atoms with Gasteiger partial charge in [-0.15, -0.1) is 22.7 Å². The zero-order valence-corrected chi connectivity index (χ0v) is 12.6. The summed E-state index contributed by atoms with van der Waals surface area (Å²) in [6.07, 6.45) is 0. The molecule has 5 heteroatoms. The summed E-state index contributed by atoms with van der Waals surface area (Å²) < 4.78 is 2.03. The zero-order chi connectivity index (χ0) is 11.5. The van der Waals surface area contributed by atoms with Crippen molar-refractivity contribution in [1.29, 1.82) is 0 Å². The van der Waals surface area contributed by atoms with Crippen LogP contribution in [0.2, 0.25) is 4.34 Å². The Hall–Kier alpha value is 0.130. The molecule has 0 aromatic carbocycles. The molecular formula is C11H11BrClNS2. The molecule has 0 amide bonds. The molecule has 2 rings (SSSR count). The van der Waals surface area contributed by atoms with Gasteiger partial charge in [0.25, 0.3) is 0 Å². The molecule has 0 spiro atoms. The Morgan fingerprint density at radius 3 is 2.81 bits per heavy atom. The van der Waals surface area contributed by atoms with Crippen molar-refractivity contribution in [2.24, 2.45) is 0 Å². The normalized spacial score (nSPS) is 12.9. The minimum absolute atomic E-state index is 0.339. The van der Waals surface area contributed by atoms with Crippen LogP contribution in [-0.2, 0) is 6.54 Å². The Labute approximate surface area is 117 Å². The van der Waals surface area contributed by atoms with Crippen LogP contribution in [-0.4, -0.2) is 0 Å². The summed E-state index contributed by atoms with van der Waals surface area (Å²) in [4.78, 5) is 2.60. The maximum atomic E-state index is 5.91. The SMILES string of the molecule is CC(NCc1sccc1Br)c1ccc(Cl)s1. The molecule has 2 aromatic rings. The van der Waals surface area contributed by atoms with Gasteiger partial charge < -0.3 is 5.32 Å². The van der Waals surface area contributed by atoms with Gasteiger partial charge in [0.2, 0.25) is 0 Å². The van der Waals surface area contributed by atoms with Crippen molar-refractivity contribution in [3.8, 4) is 0 Å². The predicted octanol–water partition coefficient (Wildman–Crippen LogP) is 5.08. The maximum Gasteiger partial charge on any atom is 0.0931 e. The molecule has 0 fully saturated rings. The average Bonchev–Trinajstić information content (AvgIpc) is 2.84. The highest BCUT2D eigenvalue weighted by Crippen LogP contribution is 2.28. The highest BCUT2D eigenvalue weighted by Gasteiger charge is 2.09. The average molecular weight is 337 g/mol. The molecule has 0 bridgehead atoms. The van der Waals surface area contributed by atoms with Crippen molar-refractivity contribution in [1.82, 2.24) is 5.32 Å². The molecule has 16 heavy (non-hydrogen) atoms. The largest absolute Gasteiger partial charge is 0.305 e. The number of nitrogens with one attached hydrogen (secondary N) is 1. The van der Waals surface area contributed by atoms with Crippen LogP contribution in [0, 0.1) is 0 Å². The van der Waals surface area contributed by atoms with E-state index in [-0.39, 0.29) is 0 Å². The lowest BCUT2D eigenvalue weighted by atomic mass is 10.3. The third-order valence-electron chi connectivity index (χ3n) is 2.28. The Balaban J connectivity index is 1.93. The van der Waals surface area contributed by atoms with Crippen LogP contribution in [0.3, 0.4) is 0 Å². The number of halogens is 2. The van der Waals surface area contributed by atoms with Crippen LogP contribution in [0.15, 0.2) is 28.1 Å². The lowest BCUT2D eigenvalue weighted by Gasteiger charge is -2.11. The van der Waals surface area contributed by atoms with Crippen LogP contribution >= 0.6 is 50.2 Å². The van der Waals surface area contributed by atoms with E-state index >= 15 is 0 Å². The molecule has 2 aromatic heterocycles. The molecule has 0 aliphatic carbocycles. The van der Waals surface area contributed by atoms with Crippen LogP contribution in [0.5, 0.6) is 0 Å². The number of rotatable bonds is 4. The van der Waals surface area contributed by atoms with Gasteiger partial charge in [-0.2, -0.15) is 0 Å². The summed E-state index contributed by atoms with van der Waals surface area (Å²) in [5, 5.41) is 5.58. The lowest BCUT2D eigenvalue weighted by Crippen LogP contribution is -2.16. The van der Waals surface area contributed by atoms with Gasteiger partial charge in [0.05, 0.1) is 4.34 Å². The van der Waals surface area contributed by atoms with E-state index in [1.165, 1.54) is 14.2 Å². The Morgan fingerprint density at radius 2 is 2.25 bits per heavy atom. The monoisotopic (exact) mass is 335 g/mol. The van der Waals surface area contributed by atoms with Crippen molar-refractivity contribution >= 4 is 50.2 Å². The minimum atomic E-state index is 0.339. The molecule has 1 N–H and O–H groups in total. The van der Waals surface area contributed by atoms with Crippen LogP contribution in [0.25, 0.3) is 0 Å². The van der Waals surface area contributed by atoms with E-state index in [0.29, 0.717) is 6.04 Å². The zero-order valence-electron chi connectivity index (χ0n) is 8.67. The first-order valence-electron chi connectivity index (χ1n) is 4.87. The maximum absolute atomic E-state index is 5.91. The van der Waals surface area contributed by atoms with Crippen LogP contribution < -0.4 is 5.32 Å². The highest BCUT2D eigenvalue weighted by molar-refractivity contribution is 9.10. The molecule has 86 valence electrons. The van der Waals surface area contributed by atoms with Crippen molar-refractivity contribution in [2.45, 2.75) is 19.5 Å². The van der Waals surface area contributed by atoms with Gasteiger partial charge in [-0.3, -0.25) is 0 Å². The number of thiophene rings is 2. The van der Waals surface area contributed by atoms with Crippen molar-refractivity contribution in [3.05, 3.63) is 42.1 Å². The smallest absolute Gasteiger partial charge is 0.0931 e. The quantitative estimate of drug-likeness (QED) is 0.821. The van der Waals surface area contributed by atoms with Gasteiger partial charge in [0.15, 0.2) is 0 Å². The molecule has 0 aliphatic heterocycles. The standard InChI is InChI=1S/C11H11BrClNS2/c1-7(9-2-3-11(13)16-9)14-6-10-8(12)4-5-15-10/h2-5,7,14H,6H2,1H3. The van der Waals surface area contributed by atoms with Gasteiger partial charge in [-0.05, 0) is 46.4 Å². The van der Waals surface area contributed by atoms with Crippen LogP contribution in [0.1, 0.15) is 22.7 Å². The summed E-state index contributed by atoms with van der Waals surface area (Å²) in [5.41, 5.74) is 0. The van der Waals surface area contributed by atoms with E-state index in [9.17, 15) is 0 Å². The molecule has 0 saturated heterocycles. The topological polar surface area (TPSA) is 12.0 Å². The van der Waals surface area contributed by atoms with Crippen molar-refractivity contribution in [3.63, 3.8) is 0 Å². The summed E-state index contributed by atoms with van der Waals surface area (Å²) in [5.74, 6) is 0. The van der Waals surface area contributed by atoms with E-state index < -0.39 is 0 Å². The summed E-state index contributed by atoms with van der Waals surface area (Å²) in [7, 11) is 0. The lowest BCUT2D eigenvalue weighted by molar-refractivity contribution is 0.586. The van der Waals surface area contributed by atoms with E-state index in [1.807, 2.05) is 6.07 Å². The van der Waals surface area contributed by atoms with Gasteiger partial charge >= 0.3 is 0 Å². The molecule has 0 aliphatic rings. The van der Waals surface area contributed by atoms with E-state index in [1.54, 1.807) is 22.7 Å². The molecule has 1 nitrogen and oxygen atoms in total. The number of hydrogen-bond acceptors (Lipinski definition) is 3. The first-order chi connectivity index (χ1) is 7.66. The molecule has 0 radical (unpaired) electrons. The summed E-state index contributed by atoms with van der Waals surface area (Å²) in [6, 6.07) is 6.44. The predicted molar refractivity (Wildman–Crippen MR) is 76.6 cm³/mol. The Bertz CT molecular complexity index is 466. The second-order valence-electron chi connectivity index (χ2n) is 3.44. The van der Waals surface area contributed by atoms with Gasteiger partial charge in [0.1, 0.15) is 0 Å². The third-order valence-corrected chi connectivity index (χ3v) is 5.62. The second-order valence-corrected chi connectivity index (χ2v) is 7.04. The first kappa shape index (κ1) is 12.6. The molecule has 1 unspecified atom stereocenters. The van der Waals surface area contributed by atoms with Crippen molar-refractivity contribution in [2.75, 3.05) is 0 Å². The first-order valence-corrected chi connectivity index (χ1v) is 7.74.